The average Bonchev–Trinajstić information content (AvgIpc) is 2.80. The summed E-state index contributed by atoms with van der Waals surface area (Å²) in [7, 11) is 1.81. The van der Waals surface area contributed by atoms with Gasteiger partial charge in [0, 0.05) is 34.9 Å². The second-order valence-electron chi connectivity index (χ2n) is 3.72. The molecule has 1 unspecified atom stereocenters. The van der Waals surface area contributed by atoms with E-state index in [2.05, 4.69) is 31.2 Å². The third-order valence-corrected chi connectivity index (χ3v) is 3.34. The molecule has 2 N–H and O–H groups in total. The number of aromatic amines is 1. The van der Waals surface area contributed by atoms with Gasteiger partial charge in [0.05, 0.1) is 0 Å². The van der Waals surface area contributed by atoms with Gasteiger partial charge in [0.1, 0.15) is 11.6 Å². The van der Waals surface area contributed by atoms with Crippen LogP contribution in [0.5, 0.6) is 0 Å². The highest BCUT2D eigenvalue weighted by Crippen LogP contribution is 2.27. The predicted molar refractivity (Wildman–Crippen MR) is 68.2 cm³/mol. The van der Waals surface area contributed by atoms with E-state index in [1.165, 1.54) is 6.07 Å². The van der Waals surface area contributed by atoms with Crippen molar-refractivity contribution in [2.24, 2.45) is 0 Å². The Bertz CT molecular complexity index is 464. The molecule has 2 rings (SSSR count). The quantitative estimate of drug-likeness (QED) is 0.911. The fraction of sp³-hybridized carbons (Fsp3) is 0.250. The van der Waals surface area contributed by atoms with Crippen molar-refractivity contribution >= 4 is 15.9 Å². The van der Waals surface area contributed by atoms with Gasteiger partial charge >= 0.3 is 0 Å². The van der Waals surface area contributed by atoms with Gasteiger partial charge in [0.15, 0.2) is 0 Å². The number of benzene rings is 1. The minimum absolute atomic E-state index is 0.114. The lowest BCUT2D eigenvalue weighted by atomic mass is 10.0. The molecule has 0 bridgehead atoms. The normalized spacial score (nSPS) is 12.6. The first-order valence-corrected chi connectivity index (χ1v) is 6.11. The van der Waals surface area contributed by atoms with Crippen LogP contribution in [0.1, 0.15) is 17.4 Å². The smallest absolute Gasteiger partial charge is 0.129 e. The van der Waals surface area contributed by atoms with E-state index in [9.17, 15) is 4.39 Å². The van der Waals surface area contributed by atoms with Gasteiger partial charge in [-0.2, -0.15) is 0 Å². The maximum Gasteiger partial charge on any atom is 0.129 e. The van der Waals surface area contributed by atoms with E-state index in [4.69, 9.17) is 0 Å². The highest BCUT2D eigenvalue weighted by atomic mass is 79.9. The van der Waals surface area contributed by atoms with Crippen molar-refractivity contribution in [3.8, 4) is 0 Å². The summed E-state index contributed by atoms with van der Waals surface area (Å²) in [4.78, 5) is 7.18. The largest absolute Gasteiger partial charge is 0.349 e. The summed E-state index contributed by atoms with van der Waals surface area (Å²) in [5.41, 5.74) is 0.631. The summed E-state index contributed by atoms with van der Waals surface area (Å²) in [6.07, 6.45) is 4.07. The molecule has 1 atom stereocenters. The number of rotatable bonds is 4. The molecule has 0 amide bonds. The molecule has 17 heavy (non-hydrogen) atoms. The fourth-order valence-corrected chi connectivity index (χ4v) is 2.41. The number of likely N-dealkylation sites (N-methyl/N-ethyl adjacent to an activating group) is 1. The van der Waals surface area contributed by atoms with E-state index in [1.54, 1.807) is 18.5 Å². The molecule has 0 fully saturated rings. The van der Waals surface area contributed by atoms with Crippen LogP contribution in [-0.2, 0) is 6.42 Å². The minimum atomic E-state index is -0.217. The van der Waals surface area contributed by atoms with E-state index in [1.807, 2.05) is 13.1 Å². The van der Waals surface area contributed by atoms with E-state index < -0.39 is 0 Å². The number of imidazole rings is 1. The molecular weight excluding hydrogens is 285 g/mol. The highest BCUT2D eigenvalue weighted by molar-refractivity contribution is 9.10. The molecule has 2 aromatic rings. The zero-order valence-electron chi connectivity index (χ0n) is 9.37. The molecule has 0 aliphatic heterocycles. The zero-order chi connectivity index (χ0) is 12.3. The number of nitrogens with one attached hydrogen (secondary N) is 2. The molecule has 0 aliphatic rings. The third kappa shape index (κ3) is 2.73. The van der Waals surface area contributed by atoms with Crippen LogP contribution in [0.3, 0.4) is 0 Å². The number of hydrogen-bond donors (Lipinski definition) is 2. The lowest BCUT2D eigenvalue weighted by Gasteiger charge is -2.17. The lowest BCUT2D eigenvalue weighted by Crippen LogP contribution is -2.21. The van der Waals surface area contributed by atoms with Crippen molar-refractivity contribution in [1.29, 1.82) is 0 Å². The van der Waals surface area contributed by atoms with Crippen LogP contribution in [0.2, 0.25) is 0 Å². The molecule has 0 saturated heterocycles. The van der Waals surface area contributed by atoms with Crippen molar-refractivity contribution in [3.05, 3.63) is 52.3 Å². The topological polar surface area (TPSA) is 40.7 Å². The molecule has 3 nitrogen and oxygen atoms in total. The van der Waals surface area contributed by atoms with Crippen LogP contribution in [0, 0.1) is 5.82 Å². The van der Waals surface area contributed by atoms with Crippen molar-refractivity contribution in [2.75, 3.05) is 7.05 Å². The van der Waals surface area contributed by atoms with E-state index in [0.29, 0.717) is 12.0 Å². The second-order valence-corrected chi connectivity index (χ2v) is 4.57. The molecule has 0 radical (unpaired) electrons. The van der Waals surface area contributed by atoms with E-state index in [0.717, 1.165) is 10.3 Å². The Morgan fingerprint density at radius 1 is 1.53 bits per heavy atom. The fourth-order valence-electron chi connectivity index (χ4n) is 1.80. The number of aromatic nitrogens is 2. The standard InChI is InChI=1S/C12H13BrFN3/c1-15-10(7-11-16-5-6-17-11)12-8(13)3-2-4-9(12)14/h2-6,10,15H,7H2,1H3,(H,16,17). The van der Waals surface area contributed by atoms with Gasteiger partial charge in [-0.15, -0.1) is 0 Å². The van der Waals surface area contributed by atoms with Crippen LogP contribution in [-0.4, -0.2) is 17.0 Å². The first-order valence-electron chi connectivity index (χ1n) is 5.31. The second kappa shape index (κ2) is 5.42. The maximum atomic E-state index is 13.8. The van der Waals surface area contributed by atoms with Crippen molar-refractivity contribution < 1.29 is 4.39 Å². The molecule has 1 aromatic heterocycles. The monoisotopic (exact) mass is 297 g/mol. The van der Waals surface area contributed by atoms with Crippen LogP contribution in [0.15, 0.2) is 35.1 Å². The summed E-state index contributed by atoms with van der Waals surface area (Å²) in [5.74, 6) is 0.616. The minimum Gasteiger partial charge on any atom is -0.349 e. The van der Waals surface area contributed by atoms with Gasteiger partial charge < -0.3 is 10.3 Å². The Morgan fingerprint density at radius 3 is 2.94 bits per heavy atom. The lowest BCUT2D eigenvalue weighted by molar-refractivity contribution is 0.524. The Balaban J connectivity index is 2.29. The van der Waals surface area contributed by atoms with Crippen LogP contribution >= 0.6 is 15.9 Å². The SMILES string of the molecule is CNC(Cc1ncc[nH]1)c1c(F)cccc1Br. The summed E-state index contributed by atoms with van der Waals surface area (Å²) in [6, 6.07) is 4.87. The Kier molecular flexibility index (Phi) is 3.91. The van der Waals surface area contributed by atoms with Crippen molar-refractivity contribution in [3.63, 3.8) is 0 Å². The van der Waals surface area contributed by atoms with Gasteiger partial charge in [-0.05, 0) is 19.2 Å². The molecular formula is C12H13BrFN3. The van der Waals surface area contributed by atoms with Crippen molar-refractivity contribution in [2.45, 2.75) is 12.5 Å². The van der Waals surface area contributed by atoms with Crippen molar-refractivity contribution in [1.82, 2.24) is 15.3 Å². The number of hydrogen-bond acceptors (Lipinski definition) is 2. The molecule has 5 heteroatoms. The number of nitrogens with zero attached hydrogens (tertiary/aromatic N) is 1. The molecule has 1 aromatic carbocycles. The Morgan fingerprint density at radius 2 is 2.35 bits per heavy atom. The maximum absolute atomic E-state index is 13.8. The van der Waals surface area contributed by atoms with E-state index in [-0.39, 0.29) is 11.9 Å². The van der Waals surface area contributed by atoms with Gasteiger partial charge in [-0.1, -0.05) is 22.0 Å². The van der Waals surface area contributed by atoms with Crippen LogP contribution in [0.4, 0.5) is 4.39 Å². The highest BCUT2D eigenvalue weighted by Gasteiger charge is 2.18. The van der Waals surface area contributed by atoms with E-state index >= 15 is 0 Å². The molecule has 0 saturated carbocycles. The first kappa shape index (κ1) is 12.3. The van der Waals surface area contributed by atoms with Gasteiger partial charge in [-0.3, -0.25) is 0 Å². The van der Waals surface area contributed by atoms with Crippen LogP contribution in [0.25, 0.3) is 0 Å². The number of H-pyrrole nitrogens is 1. The summed E-state index contributed by atoms with van der Waals surface area (Å²) < 4.78 is 14.6. The summed E-state index contributed by atoms with van der Waals surface area (Å²) in [5, 5.41) is 3.11. The molecule has 0 spiro atoms. The summed E-state index contributed by atoms with van der Waals surface area (Å²) >= 11 is 3.38. The predicted octanol–water partition coefficient (Wildman–Crippen LogP) is 2.81. The Hall–Kier alpha value is -1.20. The molecule has 1 heterocycles. The third-order valence-electron chi connectivity index (χ3n) is 2.65. The average molecular weight is 298 g/mol. The van der Waals surface area contributed by atoms with Crippen LogP contribution < -0.4 is 5.32 Å². The van der Waals surface area contributed by atoms with Gasteiger partial charge in [0.25, 0.3) is 0 Å². The molecule has 0 aliphatic carbocycles. The number of halogens is 2. The van der Waals surface area contributed by atoms with Gasteiger partial charge in [0.2, 0.25) is 0 Å². The zero-order valence-corrected chi connectivity index (χ0v) is 11.0. The van der Waals surface area contributed by atoms with Gasteiger partial charge in [-0.25, -0.2) is 9.37 Å². The molecule has 90 valence electrons. The summed E-state index contributed by atoms with van der Waals surface area (Å²) in [6.45, 7) is 0. The Labute approximate surface area is 108 Å². The first-order chi connectivity index (χ1) is 8.22.